The summed E-state index contributed by atoms with van der Waals surface area (Å²) < 4.78 is 0. The minimum atomic E-state index is -0.821. The van der Waals surface area contributed by atoms with E-state index in [0.29, 0.717) is 5.82 Å². The number of amides is 2. The van der Waals surface area contributed by atoms with Crippen molar-refractivity contribution in [3.05, 3.63) is 41.3 Å². The van der Waals surface area contributed by atoms with Gasteiger partial charge in [-0.3, -0.25) is 19.8 Å². The van der Waals surface area contributed by atoms with Crippen LogP contribution in [0.1, 0.15) is 61.9 Å². The monoisotopic (exact) mass is 397 g/mol. The molecule has 0 spiro atoms. The molecule has 2 aliphatic rings. The molecular weight excluding hydrogens is 370 g/mol. The summed E-state index contributed by atoms with van der Waals surface area (Å²) in [5.41, 5.74) is 2.54. The van der Waals surface area contributed by atoms with Crippen molar-refractivity contribution in [2.24, 2.45) is 0 Å². The Morgan fingerprint density at radius 2 is 2.14 bits per heavy atom. The van der Waals surface area contributed by atoms with Gasteiger partial charge in [0, 0.05) is 41.1 Å². The number of rotatable bonds is 6. The number of nitrogens with zero attached hydrogens (tertiary/aromatic N) is 3. The molecule has 2 atom stereocenters. The van der Waals surface area contributed by atoms with E-state index in [1.807, 2.05) is 32.0 Å². The molecule has 0 radical (unpaired) electrons. The number of aromatic amines is 1. The molecule has 29 heavy (non-hydrogen) atoms. The van der Waals surface area contributed by atoms with Crippen LogP contribution in [0.2, 0.25) is 0 Å². The molecule has 3 N–H and O–H groups in total. The number of H-pyrrole nitrogens is 1. The third kappa shape index (κ3) is 4.26. The number of nitrogens with one attached hydrogen (secondary N) is 2. The second-order valence-electron chi connectivity index (χ2n) is 8.57. The second-order valence-corrected chi connectivity index (χ2v) is 8.57. The average Bonchev–Trinajstić information content (AvgIpc) is 3.05. The number of pyridine rings is 1. The Hall–Kier alpha value is -2.90. The first-order chi connectivity index (χ1) is 13.8. The third-order valence-corrected chi connectivity index (χ3v) is 6.15. The molecule has 2 saturated carbocycles. The lowest BCUT2D eigenvalue weighted by molar-refractivity contribution is -0.115. The predicted molar refractivity (Wildman–Crippen MR) is 108 cm³/mol. The van der Waals surface area contributed by atoms with Crippen molar-refractivity contribution in [1.82, 2.24) is 20.1 Å². The maximum absolute atomic E-state index is 12.3. The van der Waals surface area contributed by atoms with Crippen LogP contribution in [0, 0.1) is 6.92 Å². The van der Waals surface area contributed by atoms with Crippen LogP contribution < -0.4 is 5.32 Å². The Kier molecular flexibility index (Phi) is 5.02. The first-order valence-electron chi connectivity index (χ1n) is 10.1. The molecule has 2 aromatic heterocycles. The van der Waals surface area contributed by atoms with Crippen molar-refractivity contribution >= 4 is 17.8 Å². The van der Waals surface area contributed by atoms with Crippen molar-refractivity contribution < 1.29 is 14.7 Å². The summed E-state index contributed by atoms with van der Waals surface area (Å²) in [4.78, 5) is 29.9. The summed E-state index contributed by atoms with van der Waals surface area (Å²) in [6.07, 6.45) is 5.50. The normalized spacial score (nSPS) is 22.3. The highest BCUT2D eigenvalue weighted by Gasteiger charge is 2.50. The van der Waals surface area contributed by atoms with Gasteiger partial charge in [0.25, 0.3) is 0 Å². The molecule has 0 saturated heterocycles. The maximum Gasteiger partial charge on any atom is 0.408 e. The highest BCUT2D eigenvalue weighted by molar-refractivity contribution is 5.91. The molecule has 8 heteroatoms. The highest BCUT2D eigenvalue weighted by Crippen LogP contribution is 2.47. The van der Waals surface area contributed by atoms with Gasteiger partial charge >= 0.3 is 6.09 Å². The van der Waals surface area contributed by atoms with Gasteiger partial charge in [0.1, 0.15) is 0 Å². The van der Waals surface area contributed by atoms with Crippen LogP contribution in [-0.4, -0.2) is 48.8 Å². The van der Waals surface area contributed by atoms with Gasteiger partial charge in [0.15, 0.2) is 5.82 Å². The molecule has 2 heterocycles. The van der Waals surface area contributed by atoms with Gasteiger partial charge < -0.3 is 10.4 Å². The fourth-order valence-corrected chi connectivity index (χ4v) is 4.38. The van der Waals surface area contributed by atoms with E-state index in [2.05, 4.69) is 20.5 Å². The molecule has 0 aliphatic heterocycles. The van der Waals surface area contributed by atoms with Gasteiger partial charge in [-0.1, -0.05) is 0 Å². The molecule has 0 bridgehead atoms. The number of hydrogen-bond donors (Lipinski definition) is 3. The maximum atomic E-state index is 12.3. The second kappa shape index (κ2) is 7.50. The summed E-state index contributed by atoms with van der Waals surface area (Å²) in [6.45, 7) is 3.99. The fourth-order valence-electron chi connectivity index (χ4n) is 4.38. The minimum absolute atomic E-state index is 0.0405. The Morgan fingerprint density at radius 1 is 1.34 bits per heavy atom. The highest BCUT2D eigenvalue weighted by atomic mass is 16.4. The van der Waals surface area contributed by atoms with Crippen molar-refractivity contribution in [3.8, 4) is 0 Å². The van der Waals surface area contributed by atoms with Crippen LogP contribution in [-0.2, 0) is 11.2 Å². The topological polar surface area (TPSA) is 111 Å². The van der Waals surface area contributed by atoms with Gasteiger partial charge in [0.05, 0.1) is 6.42 Å². The average molecular weight is 397 g/mol. The smallest absolute Gasteiger partial charge is 0.408 e. The van der Waals surface area contributed by atoms with E-state index in [0.717, 1.165) is 49.1 Å². The Balaban J connectivity index is 1.35. The van der Waals surface area contributed by atoms with Gasteiger partial charge in [-0.15, -0.1) is 0 Å². The van der Waals surface area contributed by atoms with Gasteiger partial charge in [0.2, 0.25) is 5.91 Å². The first kappa shape index (κ1) is 19.4. The Bertz CT molecular complexity index is 921. The first-order valence-corrected chi connectivity index (χ1v) is 10.1. The zero-order chi connectivity index (χ0) is 20.6. The number of carboxylic acid groups (broad SMARTS) is 1. The van der Waals surface area contributed by atoms with Crippen molar-refractivity contribution in [1.29, 1.82) is 0 Å². The zero-order valence-corrected chi connectivity index (χ0v) is 16.8. The molecule has 2 aromatic rings. The number of aromatic nitrogens is 3. The Morgan fingerprint density at radius 3 is 2.83 bits per heavy atom. The largest absolute Gasteiger partial charge is 0.465 e. The molecule has 2 aliphatic carbocycles. The SMILES string of the molecule is Cc1ccnc(CC(=O)Nc2cc([C@H]3CC[C@@H](N(C(=O)O)C4(C)CC4)C3)[nH]n2)c1. The van der Waals surface area contributed by atoms with Gasteiger partial charge in [-0.2, -0.15) is 5.10 Å². The van der Waals surface area contributed by atoms with Gasteiger partial charge in [-0.25, -0.2) is 4.79 Å². The predicted octanol–water partition coefficient (Wildman–Crippen LogP) is 3.46. The van der Waals surface area contributed by atoms with Crippen molar-refractivity contribution in [2.75, 3.05) is 5.32 Å². The number of hydrogen-bond acceptors (Lipinski definition) is 4. The summed E-state index contributed by atoms with van der Waals surface area (Å²) in [5.74, 6) is 0.551. The van der Waals surface area contributed by atoms with Crippen LogP contribution in [0.25, 0.3) is 0 Å². The molecule has 4 rings (SSSR count). The van der Waals surface area contributed by atoms with E-state index in [1.54, 1.807) is 11.1 Å². The van der Waals surface area contributed by atoms with Gasteiger partial charge in [-0.05, 0) is 63.6 Å². The van der Waals surface area contributed by atoms with Crippen molar-refractivity contribution in [3.63, 3.8) is 0 Å². The number of carbonyl (C=O) groups excluding carboxylic acids is 1. The van der Waals surface area contributed by atoms with Crippen LogP contribution in [0.3, 0.4) is 0 Å². The molecule has 154 valence electrons. The van der Waals surface area contributed by atoms with E-state index >= 15 is 0 Å². The van der Waals surface area contributed by atoms with E-state index in [-0.39, 0.29) is 29.8 Å². The third-order valence-electron chi connectivity index (χ3n) is 6.15. The minimum Gasteiger partial charge on any atom is -0.465 e. The summed E-state index contributed by atoms with van der Waals surface area (Å²) in [7, 11) is 0. The summed E-state index contributed by atoms with van der Waals surface area (Å²) in [6, 6.07) is 5.69. The number of aryl methyl sites for hydroxylation is 1. The number of carbonyl (C=O) groups is 2. The van der Waals surface area contributed by atoms with Crippen LogP contribution in [0.15, 0.2) is 24.4 Å². The van der Waals surface area contributed by atoms with E-state index in [1.165, 1.54) is 0 Å². The van der Waals surface area contributed by atoms with Crippen molar-refractivity contribution in [2.45, 2.75) is 69.9 Å². The van der Waals surface area contributed by atoms with Crippen LogP contribution >= 0.6 is 0 Å². The lowest BCUT2D eigenvalue weighted by atomic mass is 10.0. The van der Waals surface area contributed by atoms with E-state index < -0.39 is 6.09 Å². The molecule has 8 nitrogen and oxygen atoms in total. The van der Waals surface area contributed by atoms with E-state index in [9.17, 15) is 14.7 Å². The summed E-state index contributed by atoms with van der Waals surface area (Å²) in [5, 5.41) is 19.7. The standard InChI is InChI=1S/C21H27N5O3/c1-13-5-8-22-15(9-13)11-19(27)23-18-12-17(24-25-18)14-3-4-16(10-14)26(20(28)29)21(2)6-7-21/h5,8-9,12,14,16H,3-4,6-7,10-11H2,1-2H3,(H,28,29)(H2,23,24,25,27)/t14-,16+/m0/s1. The quantitative estimate of drug-likeness (QED) is 0.691. The molecule has 0 unspecified atom stereocenters. The number of anilines is 1. The van der Waals surface area contributed by atoms with Crippen LogP contribution in [0.5, 0.6) is 0 Å². The summed E-state index contributed by atoms with van der Waals surface area (Å²) >= 11 is 0. The van der Waals surface area contributed by atoms with Crippen LogP contribution in [0.4, 0.5) is 10.6 Å². The molecule has 2 fully saturated rings. The Labute approximate surface area is 169 Å². The van der Waals surface area contributed by atoms with E-state index in [4.69, 9.17) is 0 Å². The fraction of sp³-hybridized carbons (Fsp3) is 0.524. The zero-order valence-electron chi connectivity index (χ0n) is 16.8. The molecule has 0 aromatic carbocycles. The molecule has 2 amide bonds. The lowest BCUT2D eigenvalue weighted by Crippen LogP contribution is -2.45. The molecular formula is C21H27N5O3. The lowest BCUT2D eigenvalue weighted by Gasteiger charge is -2.32.